The number of benzene rings is 2. The highest BCUT2D eigenvalue weighted by atomic mass is 32.2. The van der Waals surface area contributed by atoms with Crippen LogP contribution in [-0.4, -0.2) is 15.0 Å². The van der Waals surface area contributed by atoms with Gasteiger partial charge in [0.05, 0.1) is 17.1 Å². The Hall–Kier alpha value is -2.07. The highest BCUT2D eigenvalue weighted by Crippen LogP contribution is 2.31. The van der Waals surface area contributed by atoms with Crippen molar-refractivity contribution >= 4 is 15.7 Å². The molecule has 0 radical (unpaired) electrons. The van der Waals surface area contributed by atoms with Gasteiger partial charge in [-0.2, -0.15) is 0 Å². The molecule has 0 saturated carbocycles. The molecule has 0 aliphatic heterocycles. The van der Waals surface area contributed by atoms with Crippen LogP contribution in [0.4, 0.5) is 5.69 Å². The van der Waals surface area contributed by atoms with Crippen LogP contribution in [0.25, 0.3) is 0 Å². The molecule has 0 spiro atoms. The van der Waals surface area contributed by atoms with E-state index >= 15 is 0 Å². The first-order chi connectivity index (χ1) is 10.8. The predicted octanol–water partition coefficient (Wildman–Crippen LogP) is 4.30. The van der Waals surface area contributed by atoms with Gasteiger partial charge in [0.25, 0.3) is 10.0 Å². The van der Waals surface area contributed by atoms with Crippen LogP contribution in [0.1, 0.15) is 22.3 Å². The molecule has 0 saturated heterocycles. The van der Waals surface area contributed by atoms with E-state index in [9.17, 15) is 8.42 Å². The number of aryl methyl sites for hydroxylation is 4. The summed E-state index contributed by atoms with van der Waals surface area (Å²) < 4.78 is 27.6. The van der Waals surface area contributed by atoms with Crippen LogP contribution < -0.4 is 4.31 Å². The van der Waals surface area contributed by atoms with Crippen LogP contribution in [0.15, 0.2) is 53.9 Å². The van der Waals surface area contributed by atoms with E-state index in [1.165, 1.54) is 4.31 Å². The maximum absolute atomic E-state index is 13.1. The molecular formula is C19H23NO2S. The molecule has 2 rings (SSSR count). The summed E-state index contributed by atoms with van der Waals surface area (Å²) in [5, 5.41) is 0. The largest absolute Gasteiger partial charge is 0.264 e. The Morgan fingerprint density at radius 2 is 1.48 bits per heavy atom. The molecule has 0 amide bonds. The summed E-state index contributed by atoms with van der Waals surface area (Å²) in [5.74, 6) is 0. The summed E-state index contributed by atoms with van der Waals surface area (Å²) in [6.45, 7) is 11.8. The van der Waals surface area contributed by atoms with Gasteiger partial charge in [0, 0.05) is 0 Å². The van der Waals surface area contributed by atoms with Crippen molar-refractivity contribution in [3.05, 3.63) is 71.3 Å². The van der Waals surface area contributed by atoms with Crippen molar-refractivity contribution < 1.29 is 8.42 Å². The zero-order chi connectivity index (χ0) is 17.2. The van der Waals surface area contributed by atoms with Gasteiger partial charge in [-0.05, 0) is 51.0 Å². The summed E-state index contributed by atoms with van der Waals surface area (Å²) in [7, 11) is -3.63. The Balaban J connectivity index is 2.63. The zero-order valence-corrected chi connectivity index (χ0v) is 14.9. The molecule has 0 aliphatic carbocycles. The van der Waals surface area contributed by atoms with Crippen LogP contribution in [0.5, 0.6) is 0 Å². The SMILES string of the molecule is C=CCN(c1c(C)cc(C)cc1C)S(=O)(=O)c1ccc(C)cc1. The first-order valence-corrected chi connectivity index (χ1v) is 8.99. The number of rotatable bonds is 5. The quantitative estimate of drug-likeness (QED) is 0.767. The Morgan fingerprint density at radius 3 is 1.96 bits per heavy atom. The Kier molecular flexibility index (Phi) is 4.95. The average Bonchev–Trinajstić information content (AvgIpc) is 2.45. The van der Waals surface area contributed by atoms with Crippen LogP contribution in [0, 0.1) is 27.7 Å². The normalized spacial score (nSPS) is 11.3. The topological polar surface area (TPSA) is 37.4 Å². The molecule has 0 heterocycles. The average molecular weight is 329 g/mol. The van der Waals surface area contributed by atoms with Gasteiger partial charge in [-0.1, -0.05) is 41.5 Å². The molecule has 23 heavy (non-hydrogen) atoms. The first kappa shape index (κ1) is 17.3. The van der Waals surface area contributed by atoms with E-state index in [0.717, 1.165) is 27.9 Å². The third-order valence-corrected chi connectivity index (χ3v) is 5.57. The van der Waals surface area contributed by atoms with E-state index in [1.807, 2.05) is 52.0 Å². The minimum atomic E-state index is -3.63. The molecule has 4 heteroatoms. The van der Waals surface area contributed by atoms with Crippen LogP contribution in [0.3, 0.4) is 0 Å². The second-order valence-corrected chi connectivity index (χ2v) is 7.75. The molecule has 2 aromatic carbocycles. The van der Waals surface area contributed by atoms with Gasteiger partial charge in [0.15, 0.2) is 0 Å². The molecule has 122 valence electrons. The molecule has 0 aromatic heterocycles. The number of nitrogens with zero attached hydrogens (tertiary/aromatic N) is 1. The standard InChI is InChI=1S/C19H23NO2S/c1-6-11-20(19-16(4)12-15(3)13-17(19)5)23(21,22)18-9-7-14(2)8-10-18/h6-10,12-13H,1,11H2,2-5H3. The van der Waals surface area contributed by atoms with Gasteiger partial charge in [-0.15, -0.1) is 6.58 Å². The lowest BCUT2D eigenvalue weighted by atomic mass is 10.1. The summed E-state index contributed by atoms with van der Waals surface area (Å²) >= 11 is 0. The molecule has 0 bridgehead atoms. The monoisotopic (exact) mass is 329 g/mol. The van der Waals surface area contributed by atoms with E-state index in [4.69, 9.17) is 0 Å². The van der Waals surface area contributed by atoms with E-state index in [-0.39, 0.29) is 6.54 Å². The Bertz CT molecular complexity index is 798. The van der Waals surface area contributed by atoms with Crippen molar-refractivity contribution in [3.63, 3.8) is 0 Å². The van der Waals surface area contributed by atoms with Crippen molar-refractivity contribution in [2.24, 2.45) is 0 Å². The lowest BCUT2D eigenvalue weighted by Gasteiger charge is -2.27. The summed E-state index contributed by atoms with van der Waals surface area (Å²) in [6.07, 6.45) is 1.62. The maximum Gasteiger partial charge on any atom is 0.264 e. The zero-order valence-electron chi connectivity index (χ0n) is 14.1. The second kappa shape index (κ2) is 6.59. The maximum atomic E-state index is 13.1. The van der Waals surface area contributed by atoms with Crippen molar-refractivity contribution in [3.8, 4) is 0 Å². The lowest BCUT2D eigenvalue weighted by Crippen LogP contribution is -2.32. The first-order valence-electron chi connectivity index (χ1n) is 7.55. The number of sulfonamides is 1. The predicted molar refractivity (Wildman–Crippen MR) is 96.6 cm³/mol. The summed E-state index contributed by atoms with van der Waals surface area (Å²) in [6, 6.07) is 10.9. The van der Waals surface area contributed by atoms with Gasteiger partial charge in [-0.3, -0.25) is 4.31 Å². The van der Waals surface area contributed by atoms with Gasteiger partial charge < -0.3 is 0 Å². The summed E-state index contributed by atoms with van der Waals surface area (Å²) in [5.41, 5.74) is 4.77. The Morgan fingerprint density at radius 1 is 0.957 bits per heavy atom. The van der Waals surface area contributed by atoms with Gasteiger partial charge in [0.2, 0.25) is 0 Å². The fourth-order valence-electron chi connectivity index (χ4n) is 2.83. The molecule has 3 nitrogen and oxygen atoms in total. The second-order valence-electron chi connectivity index (χ2n) is 5.89. The Labute approximate surface area is 139 Å². The number of anilines is 1. The van der Waals surface area contributed by atoms with Gasteiger partial charge in [-0.25, -0.2) is 8.42 Å². The fourth-order valence-corrected chi connectivity index (χ4v) is 4.39. The van der Waals surface area contributed by atoms with Crippen LogP contribution >= 0.6 is 0 Å². The molecule has 0 unspecified atom stereocenters. The summed E-state index contributed by atoms with van der Waals surface area (Å²) in [4.78, 5) is 0.296. The smallest absolute Gasteiger partial charge is 0.262 e. The number of hydrogen-bond donors (Lipinski definition) is 0. The van der Waals surface area contributed by atoms with E-state index in [1.54, 1.807) is 18.2 Å². The molecule has 0 atom stereocenters. The fraction of sp³-hybridized carbons (Fsp3) is 0.263. The van der Waals surface area contributed by atoms with Crippen molar-refractivity contribution in [1.29, 1.82) is 0 Å². The van der Waals surface area contributed by atoms with E-state index in [2.05, 4.69) is 6.58 Å². The minimum absolute atomic E-state index is 0.237. The molecular weight excluding hydrogens is 306 g/mol. The van der Waals surface area contributed by atoms with Crippen molar-refractivity contribution in [2.75, 3.05) is 10.8 Å². The van der Waals surface area contributed by atoms with Crippen LogP contribution in [0.2, 0.25) is 0 Å². The third-order valence-electron chi connectivity index (χ3n) is 3.79. The van der Waals surface area contributed by atoms with E-state index in [0.29, 0.717) is 4.90 Å². The minimum Gasteiger partial charge on any atom is -0.262 e. The number of hydrogen-bond acceptors (Lipinski definition) is 2. The highest BCUT2D eigenvalue weighted by Gasteiger charge is 2.26. The van der Waals surface area contributed by atoms with E-state index < -0.39 is 10.0 Å². The lowest BCUT2D eigenvalue weighted by molar-refractivity contribution is 0.592. The molecule has 0 fully saturated rings. The van der Waals surface area contributed by atoms with Crippen molar-refractivity contribution in [1.82, 2.24) is 0 Å². The molecule has 0 aliphatic rings. The van der Waals surface area contributed by atoms with Gasteiger partial charge >= 0.3 is 0 Å². The molecule has 2 aromatic rings. The third kappa shape index (κ3) is 3.48. The molecule has 0 N–H and O–H groups in total. The van der Waals surface area contributed by atoms with Crippen molar-refractivity contribution in [2.45, 2.75) is 32.6 Å². The highest BCUT2D eigenvalue weighted by molar-refractivity contribution is 7.92. The van der Waals surface area contributed by atoms with Crippen LogP contribution in [-0.2, 0) is 10.0 Å². The van der Waals surface area contributed by atoms with Gasteiger partial charge in [0.1, 0.15) is 0 Å².